The molecular weight excluding hydrogens is 594 g/mol. The summed E-state index contributed by atoms with van der Waals surface area (Å²) in [5, 5.41) is 7.39. The van der Waals surface area contributed by atoms with E-state index in [1.807, 2.05) is 0 Å². The quantitative estimate of drug-likeness (QED) is 0.280. The van der Waals surface area contributed by atoms with Crippen LogP contribution in [-0.4, -0.2) is 66.1 Å². The van der Waals surface area contributed by atoms with Crippen LogP contribution in [0.3, 0.4) is 0 Å². The van der Waals surface area contributed by atoms with E-state index in [1.165, 1.54) is 29.3 Å². The van der Waals surface area contributed by atoms with Gasteiger partial charge in [-0.05, 0) is 18.2 Å². The number of rotatable bonds is 7. The van der Waals surface area contributed by atoms with Crippen LogP contribution < -0.4 is 11.1 Å². The van der Waals surface area contributed by atoms with Gasteiger partial charge in [-0.1, -0.05) is 41.9 Å². The van der Waals surface area contributed by atoms with Crippen molar-refractivity contribution in [3.8, 4) is 22.4 Å². The molecule has 6 rings (SSSR count). The van der Waals surface area contributed by atoms with E-state index in [0.717, 1.165) is 4.90 Å². The van der Waals surface area contributed by atoms with Crippen LogP contribution >= 0.6 is 11.6 Å². The Morgan fingerprint density at radius 2 is 1.80 bits per heavy atom. The van der Waals surface area contributed by atoms with Gasteiger partial charge in [-0.15, -0.1) is 0 Å². The van der Waals surface area contributed by atoms with E-state index in [0.29, 0.717) is 32.7 Å². The van der Waals surface area contributed by atoms with Crippen LogP contribution in [-0.2, 0) is 16.1 Å². The number of nitrogens with two attached hydrogens (primary N) is 1. The fourth-order valence-electron chi connectivity index (χ4n) is 5.22. The first kappa shape index (κ1) is 28.8. The number of halogens is 3. The minimum atomic E-state index is -1.48. The van der Waals surface area contributed by atoms with Crippen molar-refractivity contribution >= 4 is 45.9 Å². The molecule has 0 saturated carbocycles. The zero-order valence-electron chi connectivity index (χ0n) is 22.8. The molecule has 3 N–H and O–H groups in total. The molecular formula is C30H23ClF2N8O3. The second-order valence-corrected chi connectivity index (χ2v) is 10.5. The van der Waals surface area contributed by atoms with Crippen LogP contribution in [0.2, 0.25) is 5.02 Å². The average molecular weight is 617 g/mol. The molecule has 1 saturated heterocycles. The van der Waals surface area contributed by atoms with Crippen molar-refractivity contribution in [2.24, 2.45) is 5.73 Å². The predicted octanol–water partition coefficient (Wildman–Crippen LogP) is 4.02. The summed E-state index contributed by atoms with van der Waals surface area (Å²) < 4.78 is 31.3. The Morgan fingerprint density at radius 1 is 1.05 bits per heavy atom. The van der Waals surface area contributed by atoms with Gasteiger partial charge in [-0.3, -0.25) is 24.0 Å². The molecule has 3 aromatic heterocycles. The number of fused-ring (bicyclic) bond motifs is 1. The molecule has 1 aliphatic rings. The van der Waals surface area contributed by atoms with Gasteiger partial charge in [0.15, 0.2) is 11.5 Å². The lowest BCUT2D eigenvalue weighted by molar-refractivity contribution is -0.137. The number of nitrogens with one attached hydrogen (secondary N) is 1. The highest BCUT2D eigenvalue weighted by Gasteiger charge is 2.40. The maximum absolute atomic E-state index is 15.5. The van der Waals surface area contributed by atoms with Crippen molar-refractivity contribution in [2.75, 3.05) is 11.9 Å². The second-order valence-electron chi connectivity index (χ2n) is 10.1. The second kappa shape index (κ2) is 11.8. The third-order valence-corrected chi connectivity index (χ3v) is 7.63. The molecule has 5 aromatic rings. The van der Waals surface area contributed by atoms with Crippen LogP contribution in [0.5, 0.6) is 0 Å². The minimum Gasteiger partial charge on any atom is -0.364 e. The molecule has 1 fully saturated rings. The normalized spacial score (nSPS) is 16.3. The third-order valence-electron chi connectivity index (χ3n) is 7.31. The van der Waals surface area contributed by atoms with Gasteiger partial charge in [0, 0.05) is 45.9 Å². The van der Waals surface area contributed by atoms with Gasteiger partial charge in [0.2, 0.25) is 11.8 Å². The molecule has 11 nitrogen and oxygen atoms in total. The molecule has 222 valence electrons. The van der Waals surface area contributed by atoms with Crippen molar-refractivity contribution in [3.63, 3.8) is 0 Å². The first-order chi connectivity index (χ1) is 21.2. The molecule has 2 atom stereocenters. The first-order valence-corrected chi connectivity index (χ1v) is 13.8. The van der Waals surface area contributed by atoms with Gasteiger partial charge in [-0.25, -0.2) is 18.7 Å². The van der Waals surface area contributed by atoms with Crippen LogP contribution in [0.15, 0.2) is 73.4 Å². The van der Waals surface area contributed by atoms with E-state index >= 15 is 4.39 Å². The van der Waals surface area contributed by atoms with Gasteiger partial charge in [0.1, 0.15) is 25.1 Å². The topological polar surface area (TPSA) is 149 Å². The average Bonchev–Trinajstić information content (AvgIpc) is 3.59. The summed E-state index contributed by atoms with van der Waals surface area (Å²) in [6, 6.07) is 11.5. The Labute approximate surface area is 253 Å². The fraction of sp³-hybridized carbons (Fsp3) is 0.167. The number of alkyl halides is 1. The lowest BCUT2D eigenvalue weighted by Crippen LogP contribution is -2.44. The van der Waals surface area contributed by atoms with Gasteiger partial charge in [0.25, 0.3) is 5.91 Å². The van der Waals surface area contributed by atoms with E-state index in [1.54, 1.807) is 48.8 Å². The number of aromatic nitrogens is 5. The number of carbonyl (C=O) groups excluding carboxylic acids is 3. The van der Waals surface area contributed by atoms with Crippen molar-refractivity contribution in [1.82, 2.24) is 29.6 Å². The maximum Gasteiger partial charge on any atom is 0.269 e. The Kier molecular flexibility index (Phi) is 7.70. The van der Waals surface area contributed by atoms with E-state index in [9.17, 15) is 18.8 Å². The third kappa shape index (κ3) is 5.44. The number of pyridine rings is 1. The number of amides is 3. The van der Waals surface area contributed by atoms with E-state index in [-0.39, 0.29) is 29.9 Å². The number of anilines is 1. The molecule has 0 bridgehead atoms. The molecule has 4 heterocycles. The fourth-order valence-corrected chi connectivity index (χ4v) is 5.46. The zero-order valence-corrected chi connectivity index (χ0v) is 23.6. The number of nitrogens with zero attached hydrogens (tertiary/aromatic N) is 6. The molecule has 1 unspecified atom stereocenters. The summed E-state index contributed by atoms with van der Waals surface area (Å²) >= 11 is 6.24. The Balaban J connectivity index is 1.25. The first-order valence-electron chi connectivity index (χ1n) is 13.4. The minimum absolute atomic E-state index is 0.0961. The van der Waals surface area contributed by atoms with Gasteiger partial charge >= 0.3 is 0 Å². The summed E-state index contributed by atoms with van der Waals surface area (Å²) in [4.78, 5) is 52.3. The van der Waals surface area contributed by atoms with E-state index in [4.69, 9.17) is 17.3 Å². The largest absolute Gasteiger partial charge is 0.364 e. The number of primary amides is 1. The lowest BCUT2D eigenvalue weighted by atomic mass is 10.0. The number of hydrogen-bond acceptors (Lipinski definition) is 7. The predicted molar refractivity (Wildman–Crippen MR) is 158 cm³/mol. The molecule has 0 aliphatic carbocycles. The summed E-state index contributed by atoms with van der Waals surface area (Å²) in [6.45, 7) is -0.788. The molecule has 0 spiro atoms. The molecule has 44 heavy (non-hydrogen) atoms. The maximum atomic E-state index is 15.5. The van der Waals surface area contributed by atoms with Crippen molar-refractivity contribution < 1.29 is 23.2 Å². The summed E-state index contributed by atoms with van der Waals surface area (Å²) in [6.07, 6.45) is 4.11. The van der Waals surface area contributed by atoms with Crippen LogP contribution in [0, 0.1) is 5.82 Å². The number of carbonyl (C=O) groups is 3. The molecule has 3 amide bonds. The highest BCUT2D eigenvalue weighted by Crippen LogP contribution is 2.33. The molecule has 1 aliphatic heterocycles. The van der Waals surface area contributed by atoms with Crippen LogP contribution in [0.1, 0.15) is 16.9 Å². The van der Waals surface area contributed by atoms with Crippen molar-refractivity contribution in [2.45, 2.75) is 25.2 Å². The van der Waals surface area contributed by atoms with Crippen LogP contribution in [0.25, 0.3) is 33.3 Å². The van der Waals surface area contributed by atoms with E-state index in [2.05, 4.69) is 25.4 Å². The Hall–Kier alpha value is -5.30. The highest BCUT2D eigenvalue weighted by molar-refractivity contribution is 6.33. The lowest BCUT2D eigenvalue weighted by Gasteiger charge is -2.24. The number of benzene rings is 2. The van der Waals surface area contributed by atoms with Gasteiger partial charge in [-0.2, -0.15) is 5.10 Å². The monoisotopic (exact) mass is 616 g/mol. The molecule has 0 radical (unpaired) electrons. The number of likely N-dealkylation sites (tertiary alicyclic amines) is 1. The van der Waals surface area contributed by atoms with Gasteiger partial charge in [0.05, 0.1) is 29.6 Å². The van der Waals surface area contributed by atoms with Crippen molar-refractivity contribution in [3.05, 3.63) is 90.0 Å². The van der Waals surface area contributed by atoms with Gasteiger partial charge < -0.3 is 16.0 Å². The standard InChI is InChI=1S/C30H23ClF2N8O3/c31-21-6-2-1-4-18(21)19-5-3-7-22(27(19)33)38-30(44)24-8-17(32)13-40(24)26(42)14-41-25-12-37-23(16-10-35-15-36-11-16)9-20(25)28(39-41)29(34)43/h1-7,9-12,15,17,24H,8,13-14H2,(H2,34,43)(H,38,44)/t17-,24?/m1/s1. The highest BCUT2D eigenvalue weighted by atomic mass is 35.5. The summed E-state index contributed by atoms with van der Waals surface area (Å²) in [7, 11) is 0. The Morgan fingerprint density at radius 3 is 2.55 bits per heavy atom. The zero-order chi connectivity index (χ0) is 31.0. The molecule has 14 heteroatoms. The number of hydrogen-bond donors (Lipinski definition) is 2. The van der Waals surface area contributed by atoms with Crippen LogP contribution in [0.4, 0.5) is 14.5 Å². The van der Waals surface area contributed by atoms with Crippen molar-refractivity contribution in [1.29, 1.82) is 0 Å². The molecule has 2 aromatic carbocycles. The summed E-state index contributed by atoms with van der Waals surface area (Å²) in [5.41, 5.74) is 7.29. The SMILES string of the molecule is NC(=O)c1nn(CC(=O)N2C[C@H](F)CC2C(=O)Nc2cccc(-c3ccccc3Cl)c2F)c2cnc(-c3cncnc3)cc12. The Bertz CT molecular complexity index is 1920. The van der Waals surface area contributed by atoms with E-state index < -0.39 is 42.3 Å². The smallest absolute Gasteiger partial charge is 0.269 e. The summed E-state index contributed by atoms with van der Waals surface area (Å²) in [5.74, 6) is -2.95.